The zero-order valence-electron chi connectivity index (χ0n) is 17.2. The summed E-state index contributed by atoms with van der Waals surface area (Å²) in [6, 6.07) is 10.2. The molecule has 0 saturated carbocycles. The molecule has 33 heavy (non-hydrogen) atoms. The summed E-state index contributed by atoms with van der Waals surface area (Å²) in [5.41, 5.74) is 0.522. The van der Waals surface area contributed by atoms with Crippen molar-refractivity contribution in [2.75, 3.05) is 11.1 Å². The molecule has 2 aromatic carbocycles. The second-order valence-corrected chi connectivity index (χ2v) is 8.36. The zero-order chi connectivity index (χ0) is 24.0. The second kappa shape index (κ2) is 11.1. The molecule has 172 valence electrons. The first-order valence-electron chi connectivity index (χ1n) is 9.61. The Morgan fingerprint density at radius 1 is 1.15 bits per heavy atom. The predicted octanol–water partition coefficient (Wildman–Crippen LogP) is 4.17. The summed E-state index contributed by atoms with van der Waals surface area (Å²) >= 11 is 13.0. The molecule has 0 unspecified atom stereocenters. The van der Waals surface area contributed by atoms with Crippen LogP contribution in [-0.2, 0) is 17.9 Å². The number of hydrogen-bond acceptors (Lipinski definition) is 7. The van der Waals surface area contributed by atoms with Crippen LogP contribution in [0.5, 0.6) is 0 Å². The van der Waals surface area contributed by atoms with Crippen molar-refractivity contribution in [3.63, 3.8) is 0 Å². The van der Waals surface area contributed by atoms with Crippen molar-refractivity contribution >= 4 is 58.2 Å². The third-order valence-electron chi connectivity index (χ3n) is 4.37. The first-order valence-corrected chi connectivity index (χ1v) is 11.3. The summed E-state index contributed by atoms with van der Waals surface area (Å²) in [5, 5.41) is 25.7. The van der Waals surface area contributed by atoms with E-state index in [4.69, 9.17) is 23.2 Å². The molecular weight excluding hydrogens is 491 g/mol. The smallest absolute Gasteiger partial charge is 0.270 e. The number of hydrogen-bond donors (Lipinski definition) is 2. The van der Waals surface area contributed by atoms with Gasteiger partial charge in [0.15, 0.2) is 11.0 Å². The number of carbonyl (C=O) groups is 2. The number of benzene rings is 2. The standard InChI is InChI=1S/C20H18Cl2N6O4S/c1-2-27-17(10-23-19(30)12-4-3-5-14(8-12)28(31)32)25-26-20(27)33-11-18(29)24-13-6-7-15(21)16(22)9-13/h3-9H,2,10-11H2,1H3,(H,23,30)(H,24,29). The lowest BCUT2D eigenvalue weighted by atomic mass is 10.2. The van der Waals surface area contributed by atoms with Gasteiger partial charge in [-0.25, -0.2) is 0 Å². The summed E-state index contributed by atoms with van der Waals surface area (Å²) in [6.07, 6.45) is 0. The molecule has 0 aliphatic heterocycles. The molecule has 0 radical (unpaired) electrons. The Morgan fingerprint density at radius 2 is 1.94 bits per heavy atom. The zero-order valence-corrected chi connectivity index (χ0v) is 19.6. The van der Waals surface area contributed by atoms with E-state index in [1.807, 2.05) is 6.92 Å². The molecule has 0 fully saturated rings. The third kappa shape index (κ3) is 6.44. The maximum atomic E-state index is 12.4. The fourth-order valence-electron chi connectivity index (χ4n) is 2.80. The van der Waals surface area contributed by atoms with E-state index < -0.39 is 10.8 Å². The predicted molar refractivity (Wildman–Crippen MR) is 126 cm³/mol. The van der Waals surface area contributed by atoms with Gasteiger partial charge in [0.25, 0.3) is 11.6 Å². The molecular formula is C20H18Cl2N6O4S. The number of non-ortho nitro benzene ring substituents is 1. The first-order chi connectivity index (χ1) is 15.8. The van der Waals surface area contributed by atoms with Crippen molar-refractivity contribution in [2.24, 2.45) is 0 Å². The molecule has 3 aromatic rings. The van der Waals surface area contributed by atoms with Crippen molar-refractivity contribution in [1.29, 1.82) is 0 Å². The summed E-state index contributed by atoms with van der Waals surface area (Å²) < 4.78 is 1.77. The Kier molecular flexibility index (Phi) is 8.26. The van der Waals surface area contributed by atoms with Crippen molar-refractivity contribution in [3.8, 4) is 0 Å². The van der Waals surface area contributed by atoms with Crippen LogP contribution in [0.3, 0.4) is 0 Å². The number of halogens is 2. The normalized spacial score (nSPS) is 10.6. The van der Waals surface area contributed by atoms with Crippen molar-refractivity contribution in [1.82, 2.24) is 20.1 Å². The molecule has 0 bridgehead atoms. The summed E-state index contributed by atoms with van der Waals surface area (Å²) in [5.74, 6) is -0.161. The van der Waals surface area contributed by atoms with Crippen LogP contribution in [0.1, 0.15) is 23.1 Å². The minimum atomic E-state index is -0.564. The Hall–Kier alpha value is -3.15. The van der Waals surface area contributed by atoms with Gasteiger partial charge in [-0.05, 0) is 31.2 Å². The minimum absolute atomic E-state index is 0.0679. The lowest BCUT2D eigenvalue weighted by Crippen LogP contribution is -2.25. The number of thioether (sulfide) groups is 1. The van der Waals surface area contributed by atoms with E-state index in [0.29, 0.717) is 33.3 Å². The number of carbonyl (C=O) groups excluding carboxylic acids is 2. The van der Waals surface area contributed by atoms with Crippen LogP contribution in [-0.4, -0.2) is 37.3 Å². The maximum Gasteiger partial charge on any atom is 0.270 e. The van der Waals surface area contributed by atoms with Gasteiger partial charge in [0.05, 0.1) is 27.3 Å². The van der Waals surface area contributed by atoms with Crippen LogP contribution in [0.4, 0.5) is 11.4 Å². The highest BCUT2D eigenvalue weighted by molar-refractivity contribution is 7.99. The van der Waals surface area contributed by atoms with Crippen molar-refractivity contribution in [3.05, 3.63) is 74.0 Å². The Labute approximate surface area is 202 Å². The van der Waals surface area contributed by atoms with Crippen LogP contribution in [0.25, 0.3) is 0 Å². The molecule has 1 heterocycles. The highest BCUT2D eigenvalue weighted by Crippen LogP contribution is 2.25. The SMILES string of the molecule is CCn1c(CNC(=O)c2cccc([N+](=O)[O-])c2)nnc1SCC(=O)Nc1ccc(Cl)c(Cl)c1. The van der Waals surface area contributed by atoms with E-state index in [-0.39, 0.29) is 29.5 Å². The molecule has 10 nitrogen and oxygen atoms in total. The molecule has 0 spiro atoms. The summed E-state index contributed by atoms with van der Waals surface area (Å²) in [7, 11) is 0. The Bertz CT molecular complexity index is 1200. The maximum absolute atomic E-state index is 12.4. The summed E-state index contributed by atoms with van der Waals surface area (Å²) in [4.78, 5) is 35.0. The van der Waals surface area contributed by atoms with Gasteiger partial charge in [-0.3, -0.25) is 19.7 Å². The van der Waals surface area contributed by atoms with Crippen LogP contribution >= 0.6 is 35.0 Å². The number of anilines is 1. The van der Waals surface area contributed by atoms with Crippen LogP contribution in [0, 0.1) is 10.1 Å². The monoisotopic (exact) mass is 508 g/mol. The van der Waals surface area contributed by atoms with Gasteiger partial charge in [-0.2, -0.15) is 0 Å². The van der Waals surface area contributed by atoms with Gasteiger partial charge in [0.2, 0.25) is 5.91 Å². The van der Waals surface area contributed by atoms with Gasteiger partial charge in [-0.15, -0.1) is 10.2 Å². The van der Waals surface area contributed by atoms with Crippen molar-refractivity contribution < 1.29 is 14.5 Å². The van der Waals surface area contributed by atoms with Crippen LogP contribution in [0.2, 0.25) is 10.0 Å². The fraction of sp³-hybridized carbons (Fsp3) is 0.200. The molecule has 13 heteroatoms. The molecule has 1 aromatic heterocycles. The molecule has 0 atom stereocenters. The van der Waals surface area contributed by atoms with Crippen LogP contribution in [0.15, 0.2) is 47.6 Å². The lowest BCUT2D eigenvalue weighted by molar-refractivity contribution is -0.384. The molecule has 0 saturated heterocycles. The average molecular weight is 509 g/mol. The fourth-order valence-corrected chi connectivity index (χ4v) is 3.92. The Morgan fingerprint density at radius 3 is 2.64 bits per heavy atom. The first kappa shape index (κ1) is 24.5. The number of aromatic nitrogens is 3. The van der Waals surface area contributed by atoms with Gasteiger partial charge < -0.3 is 15.2 Å². The molecule has 0 aliphatic carbocycles. The third-order valence-corrected chi connectivity index (χ3v) is 6.08. The number of nitro benzene ring substituents is 1. The van der Waals surface area contributed by atoms with E-state index in [1.54, 1.807) is 22.8 Å². The van der Waals surface area contributed by atoms with E-state index >= 15 is 0 Å². The molecule has 2 N–H and O–H groups in total. The molecule has 3 rings (SSSR count). The van der Waals surface area contributed by atoms with Crippen LogP contribution < -0.4 is 10.6 Å². The highest BCUT2D eigenvalue weighted by Gasteiger charge is 2.16. The van der Waals surface area contributed by atoms with Gasteiger partial charge in [0.1, 0.15) is 0 Å². The number of nitro groups is 1. The molecule has 2 amide bonds. The minimum Gasteiger partial charge on any atom is -0.345 e. The molecule has 0 aliphatic rings. The highest BCUT2D eigenvalue weighted by atomic mass is 35.5. The van der Waals surface area contributed by atoms with Gasteiger partial charge >= 0.3 is 0 Å². The Balaban J connectivity index is 1.58. The van der Waals surface area contributed by atoms with E-state index in [1.165, 1.54) is 36.0 Å². The van der Waals surface area contributed by atoms with E-state index in [0.717, 1.165) is 0 Å². The topological polar surface area (TPSA) is 132 Å². The van der Waals surface area contributed by atoms with Gasteiger partial charge in [-0.1, -0.05) is 41.0 Å². The quantitative estimate of drug-likeness (QED) is 0.251. The second-order valence-electron chi connectivity index (χ2n) is 6.60. The lowest BCUT2D eigenvalue weighted by Gasteiger charge is -2.09. The largest absolute Gasteiger partial charge is 0.345 e. The number of nitrogens with zero attached hydrogens (tertiary/aromatic N) is 4. The van der Waals surface area contributed by atoms with Gasteiger partial charge in [0, 0.05) is 29.9 Å². The summed E-state index contributed by atoms with van der Waals surface area (Å²) in [6.45, 7) is 2.47. The average Bonchev–Trinajstić information content (AvgIpc) is 3.20. The van der Waals surface area contributed by atoms with E-state index in [2.05, 4.69) is 20.8 Å². The van der Waals surface area contributed by atoms with Crippen molar-refractivity contribution in [2.45, 2.75) is 25.2 Å². The number of amides is 2. The van der Waals surface area contributed by atoms with E-state index in [9.17, 15) is 19.7 Å². The number of rotatable bonds is 9. The number of nitrogens with one attached hydrogen (secondary N) is 2.